The third-order valence-electron chi connectivity index (χ3n) is 9.78. The van der Waals surface area contributed by atoms with Crippen LogP contribution in [0.4, 0.5) is 39.5 Å². The molecule has 3 aliphatic rings. The molecular formula is C26H39F9O3. The predicted octanol–water partition coefficient (Wildman–Crippen LogP) is 8.39. The van der Waals surface area contributed by atoms with Crippen molar-refractivity contribution in [2.45, 2.75) is 122 Å². The van der Waals surface area contributed by atoms with E-state index in [0.29, 0.717) is 38.0 Å². The number of carbonyl (C=O) groups excluding carboxylic acids is 1. The molecule has 0 radical (unpaired) electrons. The normalized spacial score (nSPS) is 31.0. The summed E-state index contributed by atoms with van der Waals surface area (Å²) in [5.74, 6) is -1.34. The van der Waals surface area contributed by atoms with Gasteiger partial charge in [0.1, 0.15) is 5.60 Å². The molecule has 3 rings (SSSR count). The smallest absolute Gasteiger partial charge is 0.426 e. The van der Waals surface area contributed by atoms with Crippen LogP contribution in [0.3, 0.4) is 0 Å². The van der Waals surface area contributed by atoms with Crippen LogP contribution in [0.15, 0.2) is 0 Å². The molecule has 0 aliphatic heterocycles. The Hall–Kier alpha value is -1.20. The van der Waals surface area contributed by atoms with E-state index in [-0.39, 0.29) is 24.2 Å². The van der Waals surface area contributed by atoms with Gasteiger partial charge in [-0.2, -0.15) is 39.5 Å². The molecule has 2 bridgehead atoms. The maximum atomic E-state index is 13.0. The van der Waals surface area contributed by atoms with Gasteiger partial charge in [-0.05, 0) is 94.3 Å². The van der Waals surface area contributed by atoms with Crippen LogP contribution in [-0.4, -0.2) is 40.8 Å². The molecule has 0 heterocycles. The molecule has 6 atom stereocenters. The number of alkyl halides is 9. The summed E-state index contributed by atoms with van der Waals surface area (Å²) in [5, 5.41) is 9.28. The van der Waals surface area contributed by atoms with Gasteiger partial charge in [0.15, 0.2) is 5.41 Å². The Balaban J connectivity index is 0.000000269. The second-order valence-corrected chi connectivity index (χ2v) is 11.8. The predicted molar refractivity (Wildman–Crippen MR) is 122 cm³/mol. The van der Waals surface area contributed by atoms with E-state index in [2.05, 4.69) is 0 Å². The van der Waals surface area contributed by atoms with Crippen LogP contribution in [-0.2, 0) is 9.53 Å². The fourth-order valence-electron chi connectivity index (χ4n) is 6.42. The third kappa shape index (κ3) is 6.09. The molecule has 224 valence electrons. The van der Waals surface area contributed by atoms with Gasteiger partial charge in [0, 0.05) is 0 Å². The van der Waals surface area contributed by atoms with Crippen molar-refractivity contribution >= 4 is 5.97 Å². The van der Waals surface area contributed by atoms with E-state index >= 15 is 0 Å². The lowest BCUT2D eigenvalue weighted by molar-refractivity contribution is -0.373. The summed E-state index contributed by atoms with van der Waals surface area (Å²) in [4.78, 5) is 11.9. The summed E-state index contributed by atoms with van der Waals surface area (Å²) >= 11 is 0. The Bertz CT molecular complexity index is 798. The topological polar surface area (TPSA) is 46.5 Å². The number of aliphatic hydroxyl groups is 1. The van der Waals surface area contributed by atoms with Gasteiger partial charge in [-0.3, -0.25) is 4.79 Å². The first-order chi connectivity index (χ1) is 17.1. The highest BCUT2D eigenvalue weighted by molar-refractivity contribution is 5.77. The van der Waals surface area contributed by atoms with E-state index in [9.17, 15) is 49.4 Å². The summed E-state index contributed by atoms with van der Waals surface area (Å²) in [6.07, 6.45) is -12.7. The molecule has 12 heteroatoms. The number of fused-ring (bicyclic) bond motifs is 2. The van der Waals surface area contributed by atoms with Crippen LogP contribution in [0.2, 0.25) is 0 Å². The molecule has 0 aromatic rings. The van der Waals surface area contributed by atoms with E-state index in [1.165, 1.54) is 6.92 Å². The van der Waals surface area contributed by atoms with E-state index in [4.69, 9.17) is 4.74 Å². The van der Waals surface area contributed by atoms with Gasteiger partial charge in [0.25, 0.3) is 5.60 Å². The lowest BCUT2D eigenvalue weighted by atomic mass is 9.72. The molecule has 3 saturated carbocycles. The summed E-state index contributed by atoms with van der Waals surface area (Å²) in [5.41, 5.74) is -7.64. The van der Waals surface area contributed by atoms with Crippen LogP contribution in [0.5, 0.6) is 0 Å². The number of ether oxygens (including phenoxy) is 1. The minimum absolute atomic E-state index is 0.115. The Morgan fingerprint density at radius 3 is 1.71 bits per heavy atom. The second-order valence-electron chi connectivity index (χ2n) is 11.8. The Kier molecular flexibility index (Phi) is 9.55. The number of esters is 1. The maximum absolute atomic E-state index is 13.0. The van der Waals surface area contributed by atoms with Crippen LogP contribution in [0.1, 0.15) is 92.4 Å². The van der Waals surface area contributed by atoms with Crippen LogP contribution in [0, 0.1) is 35.0 Å². The van der Waals surface area contributed by atoms with Gasteiger partial charge < -0.3 is 9.84 Å². The number of halogens is 9. The van der Waals surface area contributed by atoms with Gasteiger partial charge in [-0.1, -0.05) is 27.7 Å². The Morgan fingerprint density at radius 2 is 1.37 bits per heavy atom. The largest absolute Gasteiger partial charge is 0.458 e. The molecule has 0 spiro atoms. The SMILES string of the molecule is CC1C2CC(CC(O)(C(F)(F)F)C(F)(F)F)C(C2)C1C.CCC1(OC(=O)C(C)(CC)C(F)(F)F)CCCC1. The van der Waals surface area contributed by atoms with Crippen molar-refractivity contribution in [3.8, 4) is 0 Å². The van der Waals surface area contributed by atoms with Gasteiger partial charge in [0.05, 0.1) is 0 Å². The van der Waals surface area contributed by atoms with Crippen molar-refractivity contribution in [1.82, 2.24) is 0 Å². The standard InChI is InChI=1S/C13H18F6O.C13H21F3O2/c1-6-7(2)10-4-8(6)3-9(10)5-11(20,12(14,15)16)13(17,18)19;1-4-11(3,13(14,15)16)10(17)18-12(5-2)8-6-7-9-12/h6-10,20H,3-5H2,1-2H3;4-9H2,1-3H3. The fourth-order valence-corrected chi connectivity index (χ4v) is 6.42. The summed E-state index contributed by atoms with van der Waals surface area (Å²) in [7, 11) is 0. The van der Waals surface area contributed by atoms with Crippen LogP contribution >= 0.6 is 0 Å². The molecule has 0 amide bonds. The van der Waals surface area contributed by atoms with Crippen molar-refractivity contribution in [2.24, 2.45) is 35.0 Å². The molecule has 1 N–H and O–H groups in total. The first kappa shape index (κ1) is 33.0. The number of hydrogen-bond donors (Lipinski definition) is 1. The van der Waals surface area contributed by atoms with Crippen molar-refractivity contribution in [3.05, 3.63) is 0 Å². The van der Waals surface area contributed by atoms with Gasteiger partial charge >= 0.3 is 24.5 Å². The second kappa shape index (κ2) is 11.0. The van der Waals surface area contributed by atoms with E-state index in [1.807, 2.05) is 20.8 Å². The highest BCUT2D eigenvalue weighted by Gasteiger charge is 2.71. The zero-order valence-electron chi connectivity index (χ0n) is 22.4. The van der Waals surface area contributed by atoms with Crippen molar-refractivity contribution in [3.63, 3.8) is 0 Å². The monoisotopic (exact) mass is 570 g/mol. The molecule has 38 heavy (non-hydrogen) atoms. The molecule has 6 unspecified atom stereocenters. The molecule has 3 fully saturated rings. The lowest BCUT2D eigenvalue weighted by Gasteiger charge is -2.39. The Morgan fingerprint density at radius 1 is 0.868 bits per heavy atom. The average Bonchev–Trinajstić information content (AvgIpc) is 3.48. The van der Waals surface area contributed by atoms with Gasteiger partial charge in [-0.25, -0.2) is 0 Å². The third-order valence-corrected chi connectivity index (χ3v) is 9.78. The molecule has 3 nitrogen and oxygen atoms in total. The maximum Gasteiger partial charge on any atom is 0.426 e. The first-order valence-corrected chi connectivity index (χ1v) is 13.2. The zero-order valence-corrected chi connectivity index (χ0v) is 22.4. The molecule has 0 aromatic carbocycles. The van der Waals surface area contributed by atoms with Crippen molar-refractivity contribution < 1.29 is 54.2 Å². The molecule has 0 saturated heterocycles. The first-order valence-electron chi connectivity index (χ1n) is 13.2. The quantitative estimate of drug-likeness (QED) is 0.258. The van der Waals surface area contributed by atoms with Gasteiger partial charge in [-0.15, -0.1) is 0 Å². The van der Waals surface area contributed by atoms with Crippen LogP contribution < -0.4 is 0 Å². The number of carbonyl (C=O) groups is 1. The average molecular weight is 571 g/mol. The minimum Gasteiger partial charge on any atom is -0.458 e. The van der Waals surface area contributed by atoms with Crippen LogP contribution in [0.25, 0.3) is 0 Å². The van der Waals surface area contributed by atoms with E-state index in [1.54, 1.807) is 0 Å². The summed E-state index contributed by atoms with van der Waals surface area (Å²) in [6.45, 7) is 8.01. The summed E-state index contributed by atoms with van der Waals surface area (Å²) in [6, 6.07) is 0. The van der Waals surface area contributed by atoms with E-state index < -0.39 is 53.5 Å². The molecule has 0 aromatic heterocycles. The Labute approximate surface area is 217 Å². The van der Waals surface area contributed by atoms with E-state index in [0.717, 1.165) is 19.8 Å². The fraction of sp³-hybridized carbons (Fsp3) is 0.962. The molecule has 3 aliphatic carbocycles. The highest BCUT2D eigenvalue weighted by atomic mass is 19.4. The lowest BCUT2D eigenvalue weighted by Crippen LogP contribution is -2.58. The van der Waals surface area contributed by atoms with Gasteiger partial charge in [0.2, 0.25) is 0 Å². The minimum atomic E-state index is -5.69. The molecular weight excluding hydrogens is 531 g/mol. The van der Waals surface area contributed by atoms with Crippen molar-refractivity contribution in [1.29, 1.82) is 0 Å². The number of rotatable bonds is 6. The number of hydrogen-bond acceptors (Lipinski definition) is 3. The summed E-state index contributed by atoms with van der Waals surface area (Å²) < 4.78 is 120. The zero-order chi connectivity index (χ0) is 29.5. The highest BCUT2D eigenvalue weighted by Crippen LogP contribution is 2.59. The van der Waals surface area contributed by atoms with Crippen molar-refractivity contribution in [2.75, 3.05) is 0 Å².